The molecule has 48 heavy (non-hydrogen) atoms. The number of rotatable bonds is 6. The Morgan fingerprint density at radius 1 is 0.479 bits per heavy atom. The molecule has 4 nitrogen and oxygen atoms in total. The van der Waals surface area contributed by atoms with Gasteiger partial charge in [0.1, 0.15) is 5.65 Å². The van der Waals surface area contributed by atoms with Gasteiger partial charge in [0, 0.05) is 51.5 Å². The molecular weight excluding hydrogens is 585 g/mol. The van der Waals surface area contributed by atoms with Gasteiger partial charge < -0.3 is 13.9 Å². The molecule has 0 radical (unpaired) electrons. The van der Waals surface area contributed by atoms with Crippen LogP contribution in [0.15, 0.2) is 176 Å². The zero-order valence-electron chi connectivity index (χ0n) is 26.5. The number of pyridine rings is 1. The van der Waals surface area contributed by atoms with Crippen molar-refractivity contribution in [2.45, 2.75) is 6.92 Å². The van der Waals surface area contributed by atoms with Gasteiger partial charge in [0.25, 0.3) is 0 Å². The number of imidazole rings is 1. The molecule has 0 bridgehead atoms. The van der Waals surface area contributed by atoms with Crippen LogP contribution in [0.4, 0.5) is 17.1 Å². The minimum absolute atomic E-state index is 0.940. The highest BCUT2D eigenvalue weighted by atomic mass is 15.1. The number of aromatic nitrogens is 3. The molecule has 0 spiro atoms. The number of hydrogen-bond donors (Lipinski definition) is 0. The molecule has 0 saturated heterocycles. The molecule has 228 valence electrons. The van der Waals surface area contributed by atoms with E-state index in [4.69, 9.17) is 4.98 Å². The lowest BCUT2D eigenvalue weighted by Crippen LogP contribution is -2.10. The summed E-state index contributed by atoms with van der Waals surface area (Å²) in [5.41, 5.74) is 13.5. The van der Waals surface area contributed by atoms with E-state index in [1.54, 1.807) is 0 Å². The monoisotopic (exact) mass is 616 g/mol. The number of hydrogen-bond acceptors (Lipinski definition) is 2. The van der Waals surface area contributed by atoms with Crippen LogP contribution in [0.5, 0.6) is 0 Å². The largest absolute Gasteiger partial charge is 0.311 e. The molecule has 3 heterocycles. The third-order valence-electron chi connectivity index (χ3n) is 9.24. The Morgan fingerprint density at radius 3 is 1.56 bits per heavy atom. The minimum atomic E-state index is 0.940. The second kappa shape index (κ2) is 11.4. The predicted molar refractivity (Wildman–Crippen MR) is 200 cm³/mol. The molecule has 3 aromatic heterocycles. The fourth-order valence-electron chi connectivity index (χ4n) is 6.80. The van der Waals surface area contributed by atoms with Gasteiger partial charge in [-0.3, -0.25) is 0 Å². The van der Waals surface area contributed by atoms with Crippen molar-refractivity contribution in [2.75, 3.05) is 4.90 Å². The molecule has 0 N–H and O–H groups in total. The lowest BCUT2D eigenvalue weighted by atomic mass is 10.0. The van der Waals surface area contributed by atoms with E-state index in [1.807, 2.05) is 24.4 Å². The summed E-state index contributed by atoms with van der Waals surface area (Å²) in [5, 5.41) is 2.52. The third kappa shape index (κ3) is 4.83. The van der Waals surface area contributed by atoms with Crippen LogP contribution < -0.4 is 4.90 Å². The lowest BCUT2D eigenvalue weighted by molar-refractivity contribution is 1.17. The Kier molecular flexibility index (Phi) is 6.65. The van der Waals surface area contributed by atoms with Crippen molar-refractivity contribution in [1.82, 2.24) is 14.0 Å². The van der Waals surface area contributed by atoms with Crippen molar-refractivity contribution in [3.05, 3.63) is 182 Å². The summed E-state index contributed by atoms with van der Waals surface area (Å²) < 4.78 is 4.42. The second-order valence-corrected chi connectivity index (χ2v) is 12.3. The van der Waals surface area contributed by atoms with E-state index < -0.39 is 0 Å². The molecule has 0 aliphatic carbocycles. The highest BCUT2D eigenvalue weighted by molar-refractivity contribution is 6.09. The van der Waals surface area contributed by atoms with E-state index >= 15 is 0 Å². The van der Waals surface area contributed by atoms with E-state index in [0.29, 0.717) is 0 Å². The molecule has 0 amide bonds. The lowest BCUT2D eigenvalue weighted by Gasteiger charge is -2.26. The average molecular weight is 617 g/mol. The maximum atomic E-state index is 4.84. The predicted octanol–water partition coefficient (Wildman–Crippen LogP) is 11.5. The zero-order chi connectivity index (χ0) is 32.0. The van der Waals surface area contributed by atoms with Crippen molar-refractivity contribution in [3.8, 4) is 28.1 Å². The summed E-state index contributed by atoms with van der Waals surface area (Å²) in [4.78, 5) is 7.16. The first-order valence-corrected chi connectivity index (χ1v) is 16.3. The molecule has 6 aromatic carbocycles. The van der Waals surface area contributed by atoms with Crippen molar-refractivity contribution in [2.24, 2.45) is 0 Å². The molecule has 0 fully saturated rings. The van der Waals surface area contributed by atoms with E-state index in [-0.39, 0.29) is 0 Å². The minimum Gasteiger partial charge on any atom is -0.311 e. The maximum Gasteiger partial charge on any atom is 0.137 e. The Balaban J connectivity index is 1.13. The smallest absolute Gasteiger partial charge is 0.137 e. The van der Waals surface area contributed by atoms with Crippen molar-refractivity contribution >= 4 is 44.5 Å². The third-order valence-corrected chi connectivity index (χ3v) is 9.24. The zero-order valence-corrected chi connectivity index (χ0v) is 26.5. The first-order valence-electron chi connectivity index (χ1n) is 16.3. The van der Waals surface area contributed by atoms with Crippen LogP contribution in [0.2, 0.25) is 0 Å². The van der Waals surface area contributed by atoms with Crippen LogP contribution in [-0.4, -0.2) is 14.0 Å². The average Bonchev–Trinajstić information content (AvgIpc) is 3.73. The summed E-state index contributed by atoms with van der Waals surface area (Å²) in [6.07, 6.45) is 4.12. The van der Waals surface area contributed by atoms with Gasteiger partial charge in [-0.2, -0.15) is 0 Å². The highest BCUT2D eigenvalue weighted by Crippen LogP contribution is 2.38. The van der Waals surface area contributed by atoms with E-state index in [2.05, 4.69) is 173 Å². The molecule has 0 atom stereocenters. The SMILES string of the molecule is Cc1ccc(-c2ccc(N(c3ccc(-c4cn5ccccc5n4)cc3)c3ccc(-n4c5ccccc5c5ccccc54)cc3)cc2)cc1. The molecular formula is C44H32N4. The number of benzene rings is 6. The standard InChI is InChI=1S/C44H32N4/c1-31-13-15-32(16-14-31)33-17-21-35(22-18-33)47(36-23-19-34(20-24-36)41-30-46-29-7-6-12-44(46)45-41)37-25-27-38(28-26-37)48-42-10-4-2-8-39(42)40-9-3-5-11-43(40)48/h2-30H,1H3. The normalized spacial score (nSPS) is 11.4. The fraction of sp³-hybridized carbons (Fsp3) is 0.0227. The highest BCUT2D eigenvalue weighted by Gasteiger charge is 2.16. The number of nitrogens with zero attached hydrogens (tertiary/aromatic N) is 4. The fourth-order valence-corrected chi connectivity index (χ4v) is 6.80. The Bertz CT molecular complexity index is 2450. The summed E-state index contributed by atoms with van der Waals surface area (Å²) in [5.74, 6) is 0. The van der Waals surface area contributed by atoms with Crippen LogP contribution in [-0.2, 0) is 0 Å². The first-order chi connectivity index (χ1) is 23.7. The molecule has 0 saturated carbocycles. The number of para-hydroxylation sites is 2. The van der Waals surface area contributed by atoms with E-state index in [1.165, 1.54) is 38.5 Å². The number of fused-ring (bicyclic) bond motifs is 4. The topological polar surface area (TPSA) is 25.5 Å². The first kappa shape index (κ1) is 27.9. The number of aryl methyl sites for hydroxylation is 1. The Hall–Kier alpha value is -6.39. The van der Waals surface area contributed by atoms with Gasteiger partial charge in [0.2, 0.25) is 0 Å². The van der Waals surface area contributed by atoms with Crippen LogP contribution in [0.1, 0.15) is 5.56 Å². The summed E-state index contributed by atoms with van der Waals surface area (Å²) in [6.45, 7) is 2.12. The maximum absolute atomic E-state index is 4.84. The van der Waals surface area contributed by atoms with Gasteiger partial charge in [-0.25, -0.2) is 4.98 Å². The molecule has 0 aliphatic rings. The van der Waals surface area contributed by atoms with Crippen molar-refractivity contribution in [1.29, 1.82) is 0 Å². The van der Waals surface area contributed by atoms with Crippen LogP contribution in [0.25, 0.3) is 55.5 Å². The van der Waals surface area contributed by atoms with Crippen molar-refractivity contribution in [3.63, 3.8) is 0 Å². The van der Waals surface area contributed by atoms with Gasteiger partial charge >= 0.3 is 0 Å². The van der Waals surface area contributed by atoms with Gasteiger partial charge in [-0.1, -0.05) is 96.6 Å². The van der Waals surface area contributed by atoms with Crippen LogP contribution in [0, 0.1) is 6.92 Å². The summed E-state index contributed by atoms with van der Waals surface area (Å²) in [6, 6.07) is 58.5. The van der Waals surface area contributed by atoms with E-state index in [0.717, 1.165) is 39.7 Å². The Labute approximate surface area is 279 Å². The van der Waals surface area contributed by atoms with Gasteiger partial charge in [-0.05, 0) is 90.8 Å². The molecule has 4 heteroatoms. The summed E-state index contributed by atoms with van der Waals surface area (Å²) in [7, 11) is 0. The van der Waals surface area contributed by atoms with Crippen LogP contribution in [0.3, 0.4) is 0 Å². The quantitative estimate of drug-likeness (QED) is 0.186. The van der Waals surface area contributed by atoms with E-state index in [9.17, 15) is 0 Å². The summed E-state index contributed by atoms with van der Waals surface area (Å²) >= 11 is 0. The Morgan fingerprint density at radius 2 is 0.979 bits per heavy atom. The van der Waals surface area contributed by atoms with Gasteiger partial charge in [0.05, 0.1) is 16.7 Å². The molecule has 0 unspecified atom stereocenters. The van der Waals surface area contributed by atoms with Gasteiger partial charge in [-0.15, -0.1) is 0 Å². The van der Waals surface area contributed by atoms with Gasteiger partial charge in [0.15, 0.2) is 0 Å². The number of anilines is 3. The molecule has 9 rings (SSSR count). The van der Waals surface area contributed by atoms with Crippen LogP contribution >= 0.6 is 0 Å². The van der Waals surface area contributed by atoms with Crippen molar-refractivity contribution < 1.29 is 0 Å². The second-order valence-electron chi connectivity index (χ2n) is 12.3. The molecule has 0 aliphatic heterocycles. The molecule has 9 aromatic rings.